The summed E-state index contributed by atoms with van der Waals surface area (Å²) in [6.07, 6.45) is 2.46. The number of ether oxygens (including phenoxy) is 3. The third kappa shape index (κ3) is 6.76. The summed E-state index contributed by atoms with van der Waals surface area (Å²) in [6, 6.07) is 14.9. The Bertz CT molecular complexity index is 1170. The van der Waals surface area contributed by atoms with Gasteiger partial charge in [-0.1, -0.05) is 30.8 Å². The van der Waals surface area contributed by atoms with Crippen LogP contribution in [0.25, 0.3) is 6.08 Å². The molecule has 0 bridgehead atoms. The van der Waals surface area contributed by atoms with Crippen molar-refractivity contribution >= 4 is 40.5 Å². The molecule has 0 aliphatic carbocycles. The molecule has 9 heteroatoms. The molecule has 2 aliphatic rings. The first kappa shape index (κ1) is 27.7. The van der Waals surface area contributed by atoms with E-state index >= 15 is 0 Å². The van der Waals surface area contributed by atoms with Crippen molar-refractivity contribution in [2.24, 2.45) is 4.99 Å². The molecule has 2 amide bonds. The molecule has 4 rings (SSSR count). The van der Waals surface area contributed by atoms with Gasteiger partial charge in [-0.05, 0) is 75.2 Å². The van der Waals surface area contributed by atoms with Crippen LogP contribution in [0.4, 0.5) is 5.69 Å². The van der Waals surface area contributed by atoms with Crippen LogP contribution in [-0.4, -0.2) is 66.1 Å². The van der Waals surface area contributed by atoms with E-state index in [1.165, 1.54) is 11.8 Å². The highest BCUT2D eigenvalue weighted by Crippen LogP contribution is 2.33. The summed E-state index contributed by atoms with van der Waals surface area (Å²) in [7, 11) is 0. The van der Waals surface area contributed by atoms with Crippen LogP contribution in [0.15, 0.2) is 59.2 Å². The van der Waals surface area contributed by atoms with Crippen molar-refractivity contribution in [3.8, 4) is 11.5 Å². The molecule has 0 unspecified atom stereocenters. The van der Waals surface area contributed by atoms with Crippen molar-refractivity contribution in [2.45, 2.75) is 45.5 Å². The summed E-state index contributed by atoms with van der Waals surface area (Å²) in [6.45, 7) is 10.6. The van der Waals surface area contributed by atoms with Gasteiger partial charge in [0.1, 0.15) is 17.2 Å². The summed E-state index contributed by atoms with van der Waals surface area (Å²) in [5, 5.41) is 0.121. The second kappa shape index (κ2) is 13.0. The van der Waals surface area contributed by atoms with Gasteiger partial charge >= 0.3 is 0 Å². The van der Waals surface area contributed by atoms with Crippen LogP contribution in [0.1, 0.15) is 39.7 Å². The van der Waals surface area contributed by atoms with E-state index < -0.39 is 0 Å². The predicted molar refractivity (Wildman–Crippen MR) is 152 cm³/mol. The van der Waals surface area contributed by atoms with Gasteiger partial charge in [0.25, 0.3) is 5.91 Å². The molecule has 1 atom stereocenters. The molecule has 0 N–H and O–H groups in total. The summed E-state index contributed by atoms with van der Waals surface area (Å²) < 4.78 is 16.7. The van der Waals surface area contributed by atoms with E-state index in [1.54, 1.807) is 11.0 Å². The zero-order valence-corrected chi connectivity index (χ0v) is 23.2. The van der Waals surface area contributed by atoms with E-state index in [0.717, 1.165) is 17.1 Å². The maximum absolute atomic E-state index is 13.6. The average molecular weight is 538 g/mol. The lowest BCUT2D eigenvalue weighted by atomic mass is 10.2. The highest BCUT2D eigenvalue weighted by molar-refractivity contribution is 8.15. The quantitative estimate of drug-likeness (QED) is 0.420. The first-order valence-electron chi connectivity index (χ1n) is 13.1. The number of carbonyl (C=O) groups is 2. The minimum atomic E-state index is -0.364. The molecule has 38 heavy (non-hydrogen) atoms. The maximum Gasteiger partial charge on any atom is 0.283 e. The van der Waals surface area contributed by atoms with Crippen molar-refractivity contribution in [1.82, 2.24) is 4.90 Å². The number of amidine groups is 1. The summed E-state index contributed by atoms with van der Waals surface area (Å²) in [4.78, 5) is 35.1. The molecular weight excluding hydrogens is 502 g/mol. The van der Waals surface area contributed by atoms with Crippen molar-refractivity contribution in [2.75, 3.05) is 37.8 Å². The lowest BCUT2D eigenvalue weighted by Gasteiger charge is -2.30. The van der Waals surface area contributed by atoms with Crippen molar-refractivity contribution in [3.05, 3.63) is 59.8 Å². The van der Waals surface area contributed by atoms with Crippen LogP contribution in [0, 0.1) is 0 Å². The van der Waals surface area contributed by atoms with Crippen molar-refractivity contribution in [3.63, 3.8) is 0 Å². The number of thioether (sulfide) groups is 1. The zero-order chi connectivity index (χ0) is 27.1. The summed E-state index contributed by atoms with van der Waals surface area (Å²) in [5.74, 6) is 1.29. The number of amides is 2. The third-order valence-corrected chi connectivity index (χ3v) is 7.31. The molecule has 2 aliphatic heterocycles. The van der Waals surface area contributed by atoms with Gasteiger partial charge in [0.15, 0.2) is 5.17 Å². The Kier molecular flexibility index (Phi) is 9.47. The largest absolute Gasteiger partial charge is 0.494 e. The Labute approximate surface area is 228 Å². The molecule has 0 radical (unpaired) electrons. The minimum absolute atomic E-state index is 0.0424. The molecule has 1 saturated heterocycles. The number of nitrogens with zero attached hydrogens (tertiary/aromatic N) is 3. The summed E-state index contributed by atoms with van der Waals surface area (Å²) >= 11 is 1.33. The van der Waals surface area contributed by atoms with Crippen LogP contribution in [0.2, 0.25) is 0 Å². The Balaban J connectivity index is 1.63. The van der Waals surface area contributed by atoms with E-state index in [2.05, 4.69) is 0 Å². The van der Waals surface area contributed by atoms with Crippen LogP contribution >= 0.6 is 11.8 Å². The molecule has 2 aromatic carbocycles. The lowest BCUT2D eigenvalue weighted by molar-refractivity contribution is -0.134. The van der Waals surface area contributed by atoms with Gasteiger partial charge < -0.3 is 19.1 Å². The number of hydrogen-bond donors (Lipinski definition) is 0. The lowest BCUT2D eigenvalue weighted by Crippen LogP contribution is -2.45. The van der Waals surface area contributed by atoms with E-state index in [-0.39, 0.29) is 23.2 Å². The van der Waals surface area contributed by atoms with Gasteiger partial charge in [-0.3, -0.25) is 14.5 Å². The normalized spacial score (nSPS) is 17.7. The van der Waals surface area contributed by atoms with Gasteiger partial charge in [-0.15, -0.1) is 0 Å². The van der Waals surface area contributed by atoms with Gasteiger partial charge in [0.05, 0.1) is 36.9 Å². The first-order chi connectivity index (χ1) is 18.4. The van der Waals surface area contributed by atoms with Crippen LogP contribution in [-0.2, 0) is 14.3 Å². The average Bonchev–Trinajstić information content (AvgIpc) is 3.23. The third-order valence-electron chi connectivity index (χ3n) is 6.01. The SMILES string of the molecule is CCOc1ccc(N2C(=O)/C(=C\c3ccc(OC(C)C)cc3)N=C2S[C@@H](CC)C(=O)N2CCOCC2)cc1. The van der Waals surface area contributed by atoms with Gasteiger partial charge in [-0.2, -0.15) is 0 Å². The van der Waals surface area contributed by atoms with E-state index in [9.17, 15) is 9.59 Å². The second-order valence-corrected chi connectivity index (χ2v) is 10.3. The second-order valence-electron chi connectivity index (χ2n) is 9.18. The molecule has 0 saturated carbocycles. The highest BCUT2D eigenvalue weighted by atomic mass is 32.2. The Morgan fingerprint density at radius 3 is 2.32 bits per heavy atom. The number of morpholine rings is 1. The summed E-state index contributed by atoms with van der Waals surface area (Å²) in [5.41, 5.74) is 1.82. The number of anilines is 1. The number of rotatable bonds is 9. The molecule has 8 nitrogen and oxygen atoms in total. The zero-order valence-electron chi connectivity index (χ0n) is 22.4. The molecule has 2 heterocycles. The van der Waals surface area contributed by atoms with Crippen molar-refractivity contribution in [1.29, 1.82) is 0 Å². The molecule has 0 aromatic heterocycles. The highest BCUT2D eigenvalue weighted by Gasteiger charge is 2.36. The van der Waals surface area contributed by atoms with E-state index in [0.29, 0.717) is 55.9 Å². The molecule has 2 aromatic rings. The van der Waals surface area contributed by atoms with Crippen LogP contribution in [0.3, 0.4) is 0 Å². The Morgan fingerprint density at radius 2 is 1.71 bits per heavy atom. The van der Waals surface area contributed by atoms with Gasteiger partial charge in [0, 0.05) is 13.1 Å². The topological polar surface area (TPSA) is 80.7 Å². The fourth-order valence-corrected chi connectivity index (χ4v) is 5.27. The fourth-order valence-electron chi connectivity index (χ4n) is 4.16. The maximum atomic E-state index is 13.6. The fraction of sp³-hybridized carbons (Fsp3) is 0.414. The smallest absolute Gasteiger partial charge is 0.283 e. The predicted octanol–water partition coefficient (Wildman–Crippen LogP) is 4.99. The minimum Gasteiger partial charge on any atom is -0.494 e. The van der Waals surface area contributed by atoms with Gasteiger partial charge in [0.2, 0.25) is 5.91 Å². The van der Waals surface area contributed by atoms with E-state index in [4.69, 9.17) is 19.2 Å². The Morgan fingerprint density at radius 1 is 1.05 bits per heavy atom. The van der Waals surface area contributed by atoms with E-state index in [1.807, 2.05) is 81.1 Å². The molecular formula is C29H35N3O5S. The van der Waals surface area contributed by atoms with Gasteiger partial charge in [-0.25, -0.2) is 4.99 Å². The Hall–Kier alpha value is -3.30. The number of benzene rings is 2. The number of carbonyl (C=O) groups excluding carboxylic acids is 2. The first-order valence-corrected chi connectivity index (χ1v) is 13.9. The number of hydrogen-bond acceptors (Lipinski definition) is 7. The number of aliphatic imine (C=N–C) groups is 1. The monoisotopic (exact) mass is 537 g/mol. The van der Waals surface area contributed by atoms with Crippen molar-refractivity contribution < 1.29 is 23.8 Å². The van der Waals surface area contributed by atoms with Crippen LogP contribution in [0.5, 0.6) is 11.5 Å². The standard InChI is InChI=1S/C29H35N3O5S/c1-5-26(28(34)31-15-17-35-18-16-31)38-29-30-25(19-21-7-11-24(12-8-21)37-20(3)4)27(33)32(29)22-9-13-23(14-10-22)36-6-2/h7-14,19-20,26H,5-6,15-18H2,1-4H3/b25-19+/t26-/m0/s1. The molecule has 0 spiro atoms. The van der Waals surface area contributed by atoms with Crippen LogP contribution < -0.4 is 14.4 Å². The molecule has 1 fully saturated rings. The molecule has 202 valence electrons.